The van der Waals surface area contributed by atoms with Crippen LogP contribution in [0.4, 0.5) is 5.69 Å². The van der Waals surface area contributed by atoms with Gasteiger partial charge in [0.2, 0.25) is 5.91 Å². The van der Waals surface area contributed by atoms with Crippen LogP contribution in [0.3, 0.4) is 0 Å². The highest BCUT2D eigenvalue weighted by Gasteiger charge is 2.17. The normalized spacial score (nSPS) is 19.6. The molecular weight excluding hydrogens is 368 g/mol. The first-order valence-corrected chi connectivity index (χ1v) is 10.6. The molecular formula is C21H34N6O2. The molecule has 0 bridgehead atoms. The molecule has 160 valence electrons. The molecule has 2 saturated heterocycles. The number of morpholine rings is 1. The van der Waals surface area contributed by atoms with Gasteiger partial charge in [-0.25, -0.2) is 4.99 Å². The second kappa shape index (κ2) is 11.0. The SMILES string of the molecule is CCNC(=NCc1ccc(N2CCNC(=O)C2)cc1)NCC(C)N1CCOCC1. The number of aliphatic imine (C=N–C) groups is 1. The number of nitrogens with one attached hydrogen (secondary N) is 3. The van der Waals surface area contributed by atoms with E-state index in [1.165, 1.54) is 0 Å². The first kappa shape index (κ1) is 21.4. The molecule has 0 radical (unpaired) electrons. The Balaban J connectivity index is 1.51. The van der Waals surface area contributed by atoms with Crippen molar-refractivity contribution in [3.05, 3.63) is 29.8 Å². The van der Waals surface area contributed by atoms with Crippen molar-refractivity contribution in [2.24, 2.45) is 4.99 Å². The van der Waals surface area contributed by atoms with Crippen molar-refractivity contribution in [1.29, 1.82) is 0 Å². The van der Waals surface area contributed by atoms with E-state index in [1.807, 2.05) is 0 Å². The van der Waals surface area contributed by atoms with Gasteiger partial charge in [0.1, 0.15) is 0 Å². The molecule has 1 atom stereocenters. The van der Waals surface area contributed by atoms with Gasteiger partial charge in [-0.2, -0.15) is 0 Å². The maximum atomic E-state index is 11.6. The number of benzene rings is 1. The number of hydrogen-bond acceptors (Lipinski definition) is 5. The molecule has 1 amide bonds. The Labute approximate surface area is 173 Å². The van der Waals surface area contributed by atoms with E-state index in [-0.39, 0.29) is 5.91 Å². The third-order valence-electron chi connectivity index (χ3n) is 5.34. The average molecular weight is 403 g/mol. The summed E-state index contributed by atoms with van der Waals surface area (Å²) in [4.78, 5) is 20.8. The van der Waals surface area contributed by atoms with Crippen molar-refractivity contribution in [3.8, 4) is 0 Å². The van der Waals surface area contributed by atoms with E-state index in [2.05, 4.69) is 63.9 Å². The molecule has 0 saturated carbocycles. The van der Waals surface area contributed by atoms with Gasteiger partial charge in [0.25, 0.3) is 0 Å². The molecule has 2 aliphatic rings. The van der Waals surface area contributed by atoms with Gasteiger partial charge in [-0.05, 0) is 31.5 Å². The minimum absolute atomic E-state index is 0.0811. The lowest BCUT2D eigenvalue weighted by Crippen LogP contribution is -2.49. The fraction of sp³-hybridized carbons (Fsp3) is 0.619. The summed E-state index contributed by atoms with van der Waals surface area (Å²) in [5.41, 5.74) is 2.23. The fourth-order valence-corrected chi connectivity index (χ4v) is 3.57. The molecule has 8 heteroatoms. The average Bonchev–Trinajstić information content (AvgIpc) is 2.76. The lowest BCUT2D eigenvalue weighted by atomic mass is 10.2. The number of piperazine rings is 1. The highest BCUT2D eigenvalue weighted by molar-refractivity contribution is 5.82. The van der Waals surface area contributed by atoms with Crippen LogP contribution >= 0.6 is 0 Å². The van der Waals surface area contributed by atoms with Gasteiger partial charge in [-0.1, -0.05) is 12.1 Å². The van der Waals surface area contributed by atoms with E-state index in [4.69, 9.17) is 9.73 Å². The number of carbonyl (C=O) groups is 1. The Morgan fingerprint density at radius 3 is 2.66 bits per heavy atom. The number of nitrogens with zero attached hydrogens (tertiary/aromatic N) is 3. The molecule has 8 nitrogen and oxygen atoms in total. The molecule has 29 heavy (non-hydrogen) atoms. The Kier molecular flexibility index (Phi) is 8.13. The Morgan fingerprint density at radius 2 is 1.97 bits per heavy atom. The Hall–Kier alpha value is -2.32. The fourth-order valence-electron chi connectivity index (χ4n) is 3.57. The van der Waals surface area contributed by atoms with Gasteiger partial charge < -0.3 is 25.6 Å². The first-order valence-electron chi connectivity index (χ1n) is 10.6. The van der Waals surface area contributed by atoms with Crippen LogP contribution in [0.2, 0.25) is 0 Å². The summed E-state index contributed by atoms with van der Waals surface area (Å²) < 4.78 is 5.43. The molecule has 1 aromatic carbocycles. The van der Waals surface area contributed by atoms with Crippen molar-refractivity contribution in [3.63, 3.8) is 0 Å². The van der Waals surface area contributed by atoms with Crippen LogP contribution in [0.1, 0.15) is 19.4 Å². The summed E-state index contributed by atoms with van der Waals surface area (Å²) in [6.07, 6.45) is 0. The predicted octanol–water partition coefficient (Wildman–Crippen LogP) is 0.399. The highest BCUT2D eigenvalue weighted by Crippen LogP contribution is 2.16. The monoisotopic (exact) mass is 402 g/mol. The number of rotatable bonds is 7. The molecule has 0 aliphatic carbocycles. The van der Waals surface area contributed by atoms with E-state index < -0.39 is 0 Å². The second-order valence-electron chi connectivity index (χ2n) is 7.51. The predicted molar refractivity (Wildman–Crippen MR) is 116 cm³/mol. The minimum Gasteiger partial charge on any atom is -0.379 e. The number of hydrogen-bond donors (Lipinski definition) is 3. The standard InChI is InChI=1S/C21H34N6O2/c1-3-22-21(24-14-17(2)26-10-12-29-13-11-26)25-15-18-4-6-19(7-5-18)27-9-8-23-20(28)16-27/h4-7,17H,3,8-16H2,1-2H3,(H,23,28)(H2,22,24,25). The van der Waals surface area contributed by atoms with Crippen LogP contribution in [-0.2, 0) is 16.1 Å². The van der Waals surface area contributed by atoms with Crippen LogP contribution < -0.4 is 20.9 Å². The highest BCUT2D eigenvalue weighted by atomic mass is 16.5. The first-order chi connectivity index (χ1) is 14.2. The van der Waals surface area contributed by atoms with Crippen molar-refractivity contribution in [2.45, 2.75) is 26.4 Å². The molecule has 1 aromatic rings. The largest absolute Gasteiger partial charge is 0.379 e. The quantitative estimate of drug-likeness (QED) is 0.453. The van der Waals surface area contributed by atoms with Gasteiger partial charge >= 0.3 is 0 Å². The Morgan fingerprint density at radius 1 is 1.21 bits per heavy atom. The van der Waals surface area contributed by atoms with E-state index in [9.17, 15) is 4.79 Å². The summed E-state index contributed by atoms with van der Waals surface area (Å²) >= 11 is 0. The zero-order valence-corrected chi connectivity index (χ0v) is 17.6. The molecule has 2 fully saturated rings. The summed E-state index contributed by atoms with van der Waals surface area (Å²) in [5, 5.41) is 9.64. The van der Waals surface area contributed by atoms with Crippen LogP contribution in [0.15, 0.2) is 29.3 Å². The topological polar surface area (TPSA) is 81.2 Å². The summed E-state index contributed by atoms with van der Waals surface area (Å²) in [6, 6.07) is 8.76. The van der Waals surface area contributed by atoms with Crippen molar-refractivity contribution < 1.29 is 9.53 Å². The lowest BCUT2D eigenvalue weighted by Gasteiger charge is -2.32. The number of amides is 1. The molecule has 1 unspecified atom stereocenters. The zero-order chi connectivity index (χ0) is 20.5. The van der Waals surface area contributed by atoms with Gasteiger partial charge in [0, 0.05) is 51.0 Å². The molecule has 3 N–H and O–H groups in total. The van der Waals surface area contributed by atoms with Crippen molar-refractivity contribution in [1.82, 2.24) is 20.9 Å². The summed E-state index contributed by atoms with van der Waals surface area (Å²) in [5.74, 6) is 0.918. The molecule has 2 aliphatic heterocycles. The van der Waals surface area contributed by atoms with Gasteiger partial charge in [0.15, 0.2) is 5.96 Å². The molecule has 2 heterocycles. The van der Waals surface area contributed by atoms with Crippen LogP contribution in [0, 0.1) is 0 Å². The number of ether oxygens (including phenoxy) is 1. The summed E-state index contributed by atoms with van der Waals surface area (Å²) in [7, 11) is 0. The van der Waals surface area contributed by atoms with E-state index in [0.717, 1.165) is 63.1 Å². The number of anilines is 1. The second-order valence-corrected chi connectivity index (χ2v) is 7.51. The third kappa shape index (κ3) is 6.61. The van der Waals surface area contributed by atoms with E-state index in [0.29, 0.717) is 25.7 Å². The minimum atomic E-state index is 0.0811. The van der Waals surface area contributed by atoms with Crippen LogP contribution in [0.5, 0.6) is 0 Å². The lowest BCUT2D eigenvalue weighted by molar-refractivity contribution is -0.120. The molecule has 0 aromatic heterocycles. The molecule has 0 spiro atoms. The van der Waals surface area contributed by atoms with Gasteiger partial charge in [-0.15, -0.1) is 0 Å². The van der Waals surface area contributed by atoms with E-state index in [1.54, 1.807) is 0 Å². The molecule has 3 rings (SSSR count). The zero-order valence-electron chi connectivity index (χ0n) is 17.6. The van der Waals surface area contributed by atoms with E-state index >= 15 is 0 Å². The maximum Gasteiger partial charge on any atom is 0.239 e. The summed E-state index contributed by atoms with van der Waals surface area (Å²) in [6.45, 7) is 12.2. The Bertz CT molecular complexity index is 672. The van der Waals surface area contributed by atoms with Crippen molar-refractivity contribution >= 4 is 17.6 Å². The van der Waals surface area contributed by atoms with Gasteiger partial charge in [0.05, 0.1) is 26.3 Å². The maximum absolute atomic E-state index is 11.6. The number of carbonyl (C=O) groups excluding carboxylic acids is 1. The van der Waals surface area contributed by atoms with Crippen LogP contribution in [0.25, 0.3) is 0 Å². The van der Waals surface area contributed by atoms with Gasteiger partial charge in [-0.3, -0.25) is 9.69 Å². The number of guanidine groups is 1. The van der Waals surface area contributed by atoms with Crippen LogP contribution in [-0.4, -0.2) is 81.8 Å². The smallest absolute Gasteiger partial charge is 0.239 e. The third-order valence-corrected chi connectivity index (χ3v) is 5.34. The van der Waals surface area contributed by atoms with Crippen molar-refractivity contribution in [2.75, 3.05) is 63.9 Å².